The number of ether oxygens (including phenoxy) is 2. The molecule has 4 heteroatoms. The highest BCUT2D eigenvalue weighted by Gasteiger charge is 2.36. The second kappa shape index (κ2) is 6.06. The topological polar surface area (TPSA) is 55.8 Å². The normalized spacial score (nSPS) is 17.9. The SMILES string of the molecule is CCOc1ccc(C2(CC(=O)O)CCOCC2)cc1. The molecule has 0 aromatic heterocycles. The van der Waals surface area contributed by atoms with Gasteiger partial charge in [-0.25, -0.2) is 0 Å². The number of carboxylic acid groups (broad SMARTS) is 1. The number of rotatable bonds is 5. The Hall–Kier alpha value is -1.55. The van der Waals surface area contributed by atoms with Crippen molar-refractivity contribution in [3.05, 3.63) is 29.8 Å². The van der Waals surface area contributed by atoms with Crippen LogP contribution in [0.15, 0.2) is 24.3 Å². The highest BCUT2D eigenvalue weighted by Crippen LogP contribution is 2.38. The molecule has 1 heterocycles. The molecule has 0 aliphatic carbocycles. The van der Waals surface area contributed by atoms with Crippen LogP contribution in [-0.4, -0.2) is 30.9 Å². The summed E-state index contributed by atoms with van der Waals surface area (Å²) in [7, 11) is 0. The molecule has 0 amide bonds. The van der Waals surface area contributed by atoms with Crippen molar-refractivity contribution in [2.24, 2.45) is 0 Å². The first kappa shape index (κ1) is 13.9. The van der Waals surface area contributed by atoms with Crippen LogP contribution in [0.25, 0.3) is 0 Å². The Morgan fingerprint density at radius 2 is 1.95 bits per heavy atom. The van der Waals surface area contributed by atoms with Gasteiger partial charge in [0.15, 0.2) is 0 Å². The predicted octanol–water partition coefficient (Wildman–Crippen LogP) is 2.61. The van der Waals surface area contributed by atoms with Gasteiger partial charge in [0.2, 0.25) is 0 Å². The Morgan fingerprint density at radius 3 is 2.47 bits per heavy atom. The van der Waals surface area contributed by atoms with Crippen molar-refractivity contribution >= 4 is 5.97 Å². The molecular formula is C15H20O4. The lowest BCUT2D eigenvalue weighted by molar-refractivity contribution is -0.139. The minimum absolute atomic E-state index is 0.157. The predicted molar refractivity (Wildman–Crippen MR) is 71.6 cm³/mol. The molecule has 1 saturated heterocycles. The fraction of sp³-hybridized carbons (Fsp3) is 0.533. The third-order valence-electron chi connectivity index (χ3n) is 3.72. The summed E-state index contributed by atoms with van der Waals surface area (Å²) in [6.07, 6.45) is 1.67. The van der Waals surface area contributed by atoms with E-state index in [9.17, 15) is 4.79 Å². The van der Waals surface area contributed by atoms with Crippen molar-refractivity contribution in [2.45, 2.75) is 31.6 Å². The van der Waals surface area contributed by atoms with Gasteiger partial charge in [-0.05, 0) is 37.5 Å². The number of aliphatic carboxylic acids is 1. The highest BCUT2D eigenvalue weighted by molar-refractivity contribution is 5.69. The minimum Gasteiger partial charge on any atom is -0.494 e. The van der Waals surface area contributed by atoms with E-state index >= 15 is 0 Å². The molecule has 2 rings (SSSR count). The summed E-state index contributed by atoms with van der Waals surface area (Å²) in [4.78, 5) is 11.1. The number of benzene rings is 1. The molecule has 0 radical (unpaired) electrons. The lowest BCUT2D eigenvalue weighted by Crippen LogP contribution is -2.36. The fourth-order valence-electron chi connectivity index (χ4n) is 2.69. The van der Waals surface area contributed by atoms with E-state index in [-0.39, 0.29) is 11.8 Å². The van der Waals surface area contributed by atoms with E-state index in [4.69, 9.17) is 14.6 Å². The monoisotopic (exact) mass is 264 g/mol. The van der Waals surface area contributed by atoms with Gasteiger partial charge in [-0.15, -0.1) is 0 Å². The Balaban J connectivity index is 2.24. The molecule has 1 aromatic carbocycles. The van der Waals surface area contributed by atoms with Gasteiger partial charge in [-0.1, -0.05) is 12.1 Å². The summed E-state index contributed by atoms with van der Waals surface area (Å²) >= 11 is 0. The molecular weight excluding hydrogens is 244 g/mol. The first-order chi connectivity index (χ1) is 9.16. The first-order valence-corrected chi connectivity index (χ1v) is 6.69. The van der Waals surface area contributed by atoms with E-state index in [1.807, 2.05) is 31.2 Å². The molecule has 0 saturated carbocycles. The van der Waals surface area contributed by atoms with Crippen molar-refractivity contribution in [1.82, 2.24) is 0 Å². The van der Waals surface area contributed by atoms with Crippen LogP contribution in [-0.2, 0) is 14.9 Å². The van der Waals surface area contributed by atoms with Gasteiger partial charge in [0.05, 0.1) is 13.0 Å². The van der Waals surface area contributed by atoms with E-state index in [1.165, 1.54) is 0 Å². The van der Waals surface area contributed by atoms with Crippen molar-refractivity contribution in [3.63, 3.8) is 0 Å². The zero-order chi connectivity index (χ0) is 13.7. The van der Waals surface area contributed by atoms with Gasteiger partial charge in [0.25, 0.3) is 0 Å². The number of hydrogen-bond acceptors (Lipinski definition) is 3. The highest BCUT2D eigenvalue weighted by atomic mass is 16.5. The maximum Gasteiger partial charge on any atom is 0.304 e. The van der Waals surface area contributed by atoms with Crippen LogP contribution in [0.2, 0.25) is 0 Å². The number of carbonyl (C=O) groups is 1. The summed E-state index contributed by atoms with van der Waals surface area (Å²) in [5, 5.41) is 9.17. The second-order valence-corrected chi connectivity index (χ2v) is 4.92. The summed E-state index contributed by atoms with van der Waals surface area (Å²) in [6.45, 7) is 3.83. The molecule has 0 spiro atoms. The Kier molecular flexibility index (Phi) is 4.43. The van der Waals surface area contributed by atoms with Gasteiger partial charge in [-0.2, -0.15) is 0 Å². The third-order valence-corrected chi connectivity index (χ3v) is 3.72. The lowest BCUT2D eigenvalue weighted by Gasteiger charge is -2.36. The molecule has 0 atom stereocenters. The minimum atomic E-state index is -0.754. The van der Waals surface area contributed by atoms with Gasteiger partial charge in [-0.3, -0.25) is 4.79 Å². The van der Waals surface area contributed by atoms with E-state index < -0.39 is 5.97 Å². The summed E-state index contributed by atoms with van der Waals surface area (Å²) < 4.78 is 10.8. The van der Waals surface area contributed by atoms with Gasteiger partial charge < -0.3 is 14.6 Å². The van der Waals surface area contributed by atoms with Crippen molar-refractivity contribution in [1.29, 1.82) is 0 Å². The Bertz CT molecular complexity index is 418. The van der Waals surface area contributed by atoms with E-state index in [0.29, 0.717) is 19.8 Å². The molecule has 1 N–H and O–H groups in total. The summed E-state index contributed by atoms with van der Waals surface area (Å²) in [5.41, 5.74) is 0.774. The van der Waals surface area contributed by atoms with Crippen LogP contribution in [0.4, 0.5) is 0 Å². The van der Waals surface area contributed by atoms with Crippen molar-refractivity contribution < 1.29 is 19.4 Å². The van der Waals surface area contributed by atoms with Gasteiger partial charge >= 0.3 is 5.97 Å². The van der Waals surface area contributed by atoms with Crippen molar-refractivity contribution in [2.75, 3.05) is 19.8 Å². The summed E-state index contributed by atoms with van der Waals surface area (Å²) in [6, 6.07) is 7.80. The van der Waals surface area contributed by atoms with Crippen LogP contribution >= 0.6 is 0 Å². The molecule has 1 aromatic rings. The van der Waals surface area contributed by atoms with Gasteiger partial charge in [0, 0.05) is 18.6 Å². The fourth-order valence-corrected chi connectivity index (χ4v) is 2.69. The zero-order valence-electron chi connectivity index (χ0n) is 11.2. The average molecular weight is 264 g/mol. The molecule has 104 valence electrons. The second-order valence-electron chi connectivity index (χ2n) is 4.92. The van der Waals surface area contributed by atoms with Crippen LogP contribution in [0.1, 0.15) is 31.7 Å². The van der Waals surface area contributed by atoms with E-state index in [2.05, 4.69) is 0 Å². The zero-order valence-corrected chi connectivity index (χ0v) is 11.2. The van der Waals surface area contributed by atoms with Crippen LogP contribution < -0.4 is 4.74 Å². The summed E-state index contributed by atoms with van der Waals surface area (Å²) in [5.74, 6) is 0.0690. The Morgan fingerprint density at radius 1 is 1.32 bits per heavy atom. The molecule has 0 bridgehead atoms. The van der Waals surface area contributed by atoms with E-state index in [0.717, 1.165) is 24.2 Å². The molecule has 1 fully saturated rings. The maximum absolute atomic E-state index is 11.1. The quantitative estimate of drug-likeness (QED) is 0.888. The number of carboxylic acids is 1. The molecule has 1 aliphatic rings. The smallest absolute Gasteiger partial charge is 0.304 e. The third kappa shape index (κ3) is 3.26. The average Bonchev–Trinajstić information content (AvgIpc) is 2.40. The first-order valence-electron chi connectivity index (χ1n) is 6.69. The van der Waals surface area contributed by atoms with Gasteiger partial charge in [0.1, 0.15) is 5.75 Å². The number of hydrogen-bond donors (Lipinski definition) is 1. The Labute approximate surface area is 113 Å². The van der Waals surface area contributed by atoms with Crippen LogP contribution in [0.3, 0.4) is 0 Å². The molecule has 19 heavy (non-hydrogen) atoms. The lowest BCUT2D eigenvalue weighted by atomic mass is 9.72. The maximum atomic E-state index is 11.1. The molecule has 0 unspecified atom stereocenters. The van der Waals surface area contributed by atoms with Crippen LogP contribution in [0.5, 0.6) is 5.75 Å². The standard InChI is InChI=1S/C15H20O4/c1-2-19-13-5-3-12(4-6-13)15(11-14(16)17)7-9-18-10-8-15/h3-6H,2,7-11H2,1H3,(H,16,17). The molecule has 4 nitrogen and oxygen atoms in total. The van der Waals surface area contributed by atoms with Crippen LogP contribution in [0, 0.1) is 0 Å². The molecule has 1 aliphatic heterocycles. The van der Waals surface area contributed by atoms with Crippen molar-refractivity contribution in [3.8, 4) is 5.75 Å². The largest absolute Gasteiger partial charge is 0.494 e. The van der Waals surface area contributed by atoms with E-state index in [1.54, 1.807) is 0 Å².